The summed E-state index contributed by atoms with van der Waals surface area (Å²) in [5.74, 6) is 0.629. The van der Waals surface area contributed by atoms with E-state index in [4.69, 9.17) is 14.5 Å². The third-order valence-electron chi connectivity index (χ3n) is 7.21. The molecule has 1 aromatic carbocycles. The monoisotopic (exact) mass is 478 g/mol. The minimum absolute atomic E-state index is 0.0868. The lowest BCUT2D eigenvalue weighted by molar-refractivity contribution is 0.0981. The summed E-state index contributed by atoms with van der Waals surface area (Å²) in [7, 11) is 3.14. The van der Waals surface area contributed by atoms with Gasteiger partial charge in [-0.05, 0) is 43.4 Å². The van der Waals surface area contributed by atoms with Crippen LogP contribution in [0.4, 0.5) is 5.69 Å². The van der Waals surface area contributed by atoms with Crippen molar-refractivity contribution in [1.29, 1.82) is 0 Å². The van der Waals surface area contributed by atoms with Gasteiger partial charge in [0.25, 0.3) is 5.56 Å². The third kappa shape index (κ3) is 3.77. The van der Waals surface area contributed by atoms with Gasteiger partial charge in [-0.25, -0.2) is 4.79 Å². The predicted octanol–water partition coefficient (Wildman–Crippen LogP) is 2.12. The van der Waals surface area contributed by atoms with Gasteiger partial charge in [-0.3, -0.25) is 18.3 Å². The SMILES string of the molecule is Cn1c(=O)c2c(nc3n(C[C@@H]4CCCO4)c(-c4ccc(NC[C@@H]5CCCO5)cc4)cn23)n(C)c1=O. The van der Waals surface area contributed by atoms with Crippen molar-refractivity contribution in [2.75, 3.05) is 25.1 Å². The molecule has 0 unspecified atom stereocenters. The number of hydrogen-bond donors (Lipinski definition) is 1. The van der Waals surface area contributed by atoms with Crippen molar-refractivity contribution in [3.63, 3.8) is 0 Å². The Balaban J connectivity index is 1.43. The van der Waals surface area contributed by atoms with Crippen molar-refractivity contribution in [2.24, 2.45) is 14.1 Å². The van der Waals surface area contributed by atoms with Gasteiger partial charge in [-0.15, -0.1) is 0 Å². The first-order chi connectivity index (χ1) is 17.0. The quantitative estimate of drug-likeness (QED) is 0.456. The van der Waals surface area contributed by atoms with Crippen LogP contribution >= 0.6 is 0 Å². The Morgan fingerprint density at radius 2 is 1.71 bits per heavy atom. The number of aromatic nitrogens is 5. The van der Waals surface area contributed by atoms with Crippen molar-refractivity contribution in [3.8, 4) is 11.3 Å². The van der Waals surface area contributed by atoms with Gasteiger partial charge < -0.3 is 19.4 Å². The minimum atomic E-state index is -0.389. The molecule has 0 aliphatic carbocycles. The molecule has 0 amide bonds. The highest BCUT2D eigenvalue weighted by molar-refractivity contribution is 5.78. The molecule has 0 bridgehead atoms. The first-order valence-electron chi connectivity index (χ1n) is 12.3. The molecule has 2 aliphatic rings. The summed E-state index contributed by atoms with van der Waals surface area (Å²) in [5, 5.41) is 3.46. The van der Waals surface area contributed by atoms with Crippen molar-refractivity contribution in [2.45, 2.75) is 44.4 Å². The van der Waals surface area contributed by atoms with Crippen LogP contribution in [0.2, 0.25) is 0 Å². The number of fused-ring (bicyclic) bond motifs is 3. The first kappa shape index (κ1) is 22.1. The fourth-order valence-corrected chi connectivity index (χ4v) is 5.21. The number of benzene rings is 1. The van der Waals surface area contributed by atoms with Crippen molar-refractivity contribution in [3.05, 3.63) is 51.3 Å². The van der Waals surface area contributed by atoms with E-state index >= 15 is 0 Å². The van der Waals surface area contributed by atoms with E-state index in [0.29, 0.717) is 23.5 Å². The zero-order valence-electron chi connectivity index (χ0n) is 20.1. The second kappa shape index (κ2) is 8.69. The molecule has 10 heteroatoms. The minimum Gasteiger partial charge on any atom is -0.382 e. The lowest BCUT2D eigenvalue weighted by Gasteiger charge is -2.15. The molecular weight excluding hydrogens is 448 g/mol. The second-order valence-electron chi connectivity index (χ2n) is 9.51. The molecule has 2 fully saturated rings. The van der Waals surface area contributed by atoms with Crippen LogP contribution in [0.1, 0.15) is 25.7 Å². The van der Waals surface area contributed by atoms with Crippen LogP contribution in [0.3, 0.4) is 0 Å². The van der Waals surface area contributed by atoms with Gasteiger partial charge in [0.05, 0.1) is 24.4 Å². The fourth-order valence-electron chi connectivity index (χ4n) is 5.21. The van der Waals surface area contributed by atoms with Crippen molar-refractivity contribution in [1.82, 2.24) is 23.1 Å². The van der Waals surface area contributed by atoms with Crippen LogP contribution in [0.25, 0.3) is 28.2 Å². The summed E-state index contributed by atoms with van der Waals surface area (Å²) in [6, 6.07) is 8.29. The topological polar surface area (TPSA) is 96.7 Å². The number of anilines is 1. The fraction of sp³-hybridized carbons (Fsp3) is 0.480. The number of nitrogens with zero attached hydrogens (tertiary/aromatic N) is 5. The average Bonchev–Trinajstić information content (AvgIpc) is 3.67. The maximum absolute atomic E-state index is 13.0. The van der Waals surface area contributed by atoms with E-state index in [1.165, 1.54) is 11.6 Å². The molecule has 10 nitrogen and oxygen atoms in total. The zero-order valence-corrected chi connectivity index (χ0v) is 20.1. The van der Waals surface area contributed by atoms with Crippen LogP contribution in [-0.2, 0) is 30.1 Å². The summed E-state index contributed by atoms with van der Waals surface area (Å²) in [6.45, 7) is 3.04. The van der Waals surface area contributed by atoms with E-state index in [2.05, 4.69) is 34.1 Å². The van der Waals surface area contributed by atoms with Crippen molar-refractivity contribution >= 4 is 22.6 Å². The van der Waals surface area contributed by atoms with E-state index in [9.17, 15) is 9.59 Å². The number of nitrogens with one attached hydrogen (secondary N) is 1. The maximum atomic E-state index is 13.0. The number of rotatable bonds is 6. The van der Waals surface area contributed by atoms with Crippen LogP contribution < -0.4 is 16.6 Å². The number of hydrogen-bond acceptors (Lipinski definition) is 6. The van der Waals surface area contributed by atoms with E-state index in [0.717, 1.165) is 67.0 Å². The van der Waals surface area contributed by atoms with E-state index in [1.54, 1.807) is 7.05 Å². The Bertz CT molecular complexity index is 1500. The summed E-state index contributed by atoms with van der Waals surface area (Å²) in [6.07, 6.45) is 6.55. The highest BCUT2D eigenvalue weighted by Gasteiger charge is 2.24. The number of aryl methyl sites for hydroxylation is 1. The highest BCUT2D eigenvalue weighted by Crippen LogP contribution is 2.28. The van der Waals surface area contributed by atoms with Crippen LogP contribution in [0.5, 0.6) is 0 Å². The molecule has 4 aromatic rings. The smallest absolute Gasteiger partial charge is 0.332 e. The molecule has 0 radical (unpaired) electrons. The summed E-state index contributed by atoms with van der Waals surface area (Å²) >= 11 is 0. The number of ether oxygens (including phenoxy) is 2. The predicted molar refractivity (Wildman–Crippen MR) is 133 cm³/mol. The van der Waals surface area contributed by atoms with Crippen molar-refractivity contribution < 1.29 is 9.47 Å². The van der Waals surface area contributed by atoms with E-state index in [-0.39, 0.29) is 23.5 Å². The van der Waals surface area contributed by atoms with Crippen LogP contribution in [0.15, 0.2) is 40.1 Å². The Morgan fingerprint density at radius 1 is 1.00 bits per heavy atom. The average molecular weight is 479 g/mol. The van der Waals surface area contributed by atoms with Crippen LogP contribution in [-0.4, -0.2) is 55.1 Å². The molecule has 3 aromatic heterocycles. The Kier molecular flexibility index (Phi) is 5.49. The molecule has 2 atom stereocenters. The van der Waals surface area contributed by atoms with Gasteiger partial charge in [-0.1, -0.05) is 12.1 Å². The first-order valence-corrected chi connectivity index (χ1v) is 12.3. The molecule has 1 N–H and O–H groups in total. The van der Waals surface area contributed by atoms with Gasteiger partial charge in [-0.2, -0.15) is 4.98 Å². The van der Waals surface area contributed by atoms with E-state index in [1.807, 2.05) is 10.6 Å². The standard InChI is InChI=1S/C25H30N6O4/c1-28-22-21(23(32)29(2)25(28)33)31-15-20(30(24(31)27-22)14-19-6-4-12-35-19)16-7-9-17(10-8-16)26-13-18-5-3-11-34-18/h7-10,15,18-19,26H,3-6,11-14H2,1-2H3/t18-,19-/m0/s1. The molecular formula is C25H30N6O4. The van der Waals surface area contributed by atoms with Gasteiger partial charge in [0.2, 0.25) is 5.78 Å². The Labute approximate surface area is 201 Å². The number of imidazole rings is 2. The van der Waals surface area contributed by atoms with Gasteiger partial charge in [0.1, 0.15) is 0 Å². The Morgan fingerprint density at radius 3 is 2.40 bits per heavy atom. The Hall–Kier alpha value is -3.37. The molecule has 0 saturated carbocycles. The van der Waals surface area contributed by atoms with Gasteiger partial charge in [0, 0.05) is 45.7 Å². The second-order valence-corrected chi connectivity index (χ2v) is 9.51. The van der Waals surface area contributed by atoms with E-state index < -0.39 is 0 Å². The zero-order chi connectivity index (χ0) is 24.1. The molecule has 2 aliphatic heterocycles. The van der Waals surface area contributed by atoms with Crippen LogP contribution in [0, 0.1) is 0 Å². The molecule has 2 saturated heterocycles. The summed E-state index contributed by atoms with van der Waals surface area (Å²) in [5.41, 5.74) is 3.05. The molecule has 5 heterocycles. The van der Waals surface area contributed by atoms with Gasteiger partial charge >= 0.3 is 5.69 Å². The lowest BCUT2D eigenvalue weighted by atomic mass is 10.1. The molecule has 35 heavy (non-hydrogen) atoms. The molecule has 0 spiro atoms. The molecule has 184 valence electrons. The lowest BCUT2D eigenvalue weighted by Crippen LogP contribution is -2.37. The summed E-state index contributed by atoms with van der Waals surface area (Å²) < 4.78 is 18.1. The molecule has 6 rings (SSSR count). The largest absolute Gasteiger partial charge is 0.382 e. The third-order valence-corrected chi connectivity index (χ3v) is 7.21. The summed E-state index contributed by atoms with van der Waals surface area (Å²) in [4.78, 5) is 30.2. The maximum Gasteiger partial charge on any atom is 0.332 e. The van der Waals surface area contributed by atoms with Gasteiger partial charge in [0.15, 0.2) is 11.2 Å². The highest BCUT2D eigenvalue weighted by atomic mass is 16.5. The normalized spacial score (nSPS) is 20.4.